The lowest BCUT2D eigenvalue weighted by Gasteiger charge is -2.07. The maximum absolute atomic E-state index is 5.81. The summed E-state index contributed by atoms with van der Waals surface area (Å²) < 4.78 is 6.48. The van der Waals surface area contributed by atoms with E-state index in [2.05, 4.69) is 25.9 Å². The molecule has 0 N–H and O–H groups in total. The Morgan fingerprint density at radius 3 is 2.75 bits per heavy atom. The Bertz CT molecular complexity index is 519. The zero-order valence-corrected chi connectivity index (χ0v) is 10.8. The number of nitrogens with zero attached hydrogens (tertiary/aromatic N) is 2. The molecule has 0 atom stereocenters. The quantitative estimate of drug-likeness (QED) is 0.841. The number of aromatic nitrogens is 2. The van der Waals surface area contributed by atoms with Gasteiger partial charge in [-0.3, -0.25) is 4.98 Å². The van der Waals surface area contributed by atoms with Crippen LogP contribution in [0.4, 0.5) is 0 Å². The van der Waals surface area contributed by atoms with Gasteiger partial charge in [-0.1, -0.05) is 11.6 Å². The lowest BCUT2D eigenvalue weighted by atomic mass is 10.3. The van der Waals surface area contributed by atoms with Crippen molar-refractivity contribution in [3.05, 3.63) is 45.8 Å². The maximum Gasteiger partial charge on any atom is 0.222 e. The van der Waals surface area contributed by atoms with Gasteiger partial charge < -0.3 is 4.74 Å². The van der Waals surface area contributed by atoms with E-state index < -0.39 is 0 Å². The van der Waals surface area contributed by atoms with Gasteiger partial charge in [-0.2, -0.15) is 0 Å². The van der Waals surface area contributed by atoms with Gasteiger partial charge in [0.25, 0.3) is 0 Å². The Balaban J connectivity index is 2.27. The average Bonchev–Trinajstić information content (AvgIpc) is 2.22. The van der Waals surface area contributed by atoms with E-state index in [0.717, 1.165) is 10.0 Å². The van der Waals surface area contributed by atoms with Gasteiger partial charge in [0.2, 0.25) is 5.88 Å². The third-order valence-corrected chi connectivity index (χ3v) is 2.53. The van der Waals surface area contributed by atoms with E-state index in [4.69, 9.17) is 16.3 Å². The molecule has 0 aromatic carbocycles. The molecule has 0 saturated carbocycles. The number of aryl methyl sites for hydroxylation is 1. The number of ether oxygens (including phenoxy) is 1. The molecule has 0 fully saturated rings. The Hall–Kier alpha value is -1.13. The minimum absolute atomic E-state index is 0.535. The molecular weight excluding hydrogens is 291 g/mol. The molecule has 0 saturated heterocycles. The van der Waals surface area contributed by atoms with Crippen LogP contribution in [-0.2, 0) is 0 Å². The molecule has 0 bridgehead atoms. The van der Waals surface area contributed by atoms with Gasteiger partial charge >= 0.3 is 0 Å². The van der Waals surface area contributed by atoms with Gasteiger partial charge in [-0.15, -0.1) is 0 Å². The smallest absolute Gasteiger partial charge is 0.222 e. The molecule has 0 aliphatic rings. The fourth-order valence-corrected chi connectivity index (χ4v) is 1.80. The predicted octanol–water partition coefficient (Wildman–Crippen LogP) is 3.99. The minimum atomic E-state index is 0.535. The summed E-state index contributed by atoms with van der Waals surface area (Å²) in [6.45, 7) is 1.92. The molecule has 5 heteroatoms. The summed E-state index contributed by atoms with van der Waals surface area (Å²) in [7, 11) is 0. The molecule has 0 unspecified atom stereocenters. The number of hydrogen-bond acceptors (Lipinski definition) is 3. The van der Waals surface area contributed by atoms with Crippen LogP contribution in [0.15, 0.2) is 35.2 Å². The minimum Gasteiger partial charge on any atom is -0.437 e. The van der Waals surface area contributed by atoms with Crippen molar-refractivity contribution in [2.45, 2.75) is 6.92 Å². The first-order valence-corrected chi connectivity index (χ1v) is 5.73. The fraction of sp³-hybridized carbons (Fsp3) is 0.0909. The summed E-state index contributed by atoms with van der Waals surface area (Å²) in [5.74, 6) is 1.12. The van der Waals surface area contributed by atoms with E-state index in [-0.39, 0.29) is 0 Å². The summed E-state index contributed by atoms with van der Waals surface area (Å²) in [5.41, 5.74) is 0.939. The van der Waals surface area contributed by atoms with Gasteiger partial charge in [0, 0.05) is 28.5 Å². The summed E-state index contributed by atoms with van der Waals surface area (Å²) in [6, 6.07) is 3.62. The molecule has 0 aliphatic carbocycles. The van der Waals surface area contributed by atoms with Crippen molar-refractivity contribution in [1.82, 2.24) is 9.97 Å². The predicted molar refractivity (Wildman–Crippen MR) is 66.0 cm³/mol. The molecule has 0 spiro atoms. The van der Waals surface area contributed by atoms with Gasteiger partial charge in [0.05, 0.1) is 11.2 Å². The zero-order chi connectivity index (χ0) is 11.5. The van der Waals surface area contributed by atoms with Crippen LogP contribution in [0, 0.1) is 6.92 Å². The summed E-state index contributed by atoms with van der Waals surface area (Å²) in [4.78, 5) is 8.10. The highest BCUT2D eigenvalue weighted by atomic mass is 79.9. The zero-order valence-electron chi connectivity index (χ0n) is 8.45. The van der Waals surface area contributed by atoms with E-state index in [1.54, 1.807) is 24.7 Å². The molecular formula is C11H8BrClN2O. The standard InChI is InChI=1S/C11H8BrClN2O/c1-7-2-8(12)4-15-11(7)16-10-3-9(13)5-14-6-10/h2-6H,1H3. The molecule has 2 aromatic heterocycles. The summed E-state index contributed by atoms with van der Waals surface area (Å²) >= 11 is 9.15. The second-order valence-electron chi connectivity index (χ2n) is 3.22. The van der Waals surface area contributed by atoms with E-state index >= 15 is 0 Å². The van der Waals surface area contributed by atoms with Crippen LogP contribution in [-0.4, -0.2) is 9.97 Å². The van der Waals surface area contributed by atoms with E-state index in [1.807, 2.05) is 13.0 Å². The van der Waals surface area contributed by atoms with Gasteiger partial charge in [0.1, 0.15) is 5.75 Å². The Morgan fingerprint density at radius 2 is 2.06 bits per heavy atom. The van der Waals surface area contributed by atoms with E-state index in [9.17, 15) is 0 Å². The Labute approximate surface area is 107 Å². The van der Waals surface area contributed by atoms with Crippen LogP contribution >= 0.6 is 27.5 Å². The van der Waals surface area contributed by atoms with Crippen LogP contribution < -0.4 is 4.74 Å². The monoisotopic (exact) mass is 298 g/mol. The van der Waals surface area contributed by atoms with Crippen LogP contribution in [0.3, 0.4) is 0 Å². The first-order chi connectivity index (χ1) is 7.65. The largest absolute Gasteiger partial charge is 0.437 e. The topological polar surface area (TPSA) is 35.0 Å². The Morgan fingerprint density at radius 1 is 1.25 bits per heavy atom. The molecule has 2 heterocycles. The molecule has 82 valence electrons. The first-order valence-electron chi connectivity index (χ1n) is 4.56. The number of pyridine rings is 2. The fourth-order valence-electron chi connectivity index (χ4n) is 1.19. The number of halogens is 2. The molecule has 0 aliphatic heterocycles. The molecule has 3 nitrogen and oxygen atoms in total. The van der Waals surface area contributed by atoms with Crippen molar-refractivity contribution in [2.24, 2.45) is 0 Å². The summed E-state index contributed by atoms with van der Waals surface area (Å²) in [6.07, 6.45) is 4.83. The molecule has 16 heavy (non-hydrogen) atoms. The maximum atomic E-state index is 5.81. The van der Waals surface area contributed by atoms with Crippen LogP contribution in [0.5, 0.6) is 11.6 Å². The van der Waals surface area contributed by atoms with Gasteiger partial charge in [0.15, 0.2) is 0 Å². The van der Waals surface area contributed by atoms with Crippen LogP contribution in [0.25, 0.3) is 0 Å². The SMILES string of the molecule is Cc1cc(Br)cnc1Oc1cncc(Cl)c1. The molecule has 0 amide bonds. The second kappa shape index (κ2) is 4.80. The van der Waals surface area contributed by atoms with Crippen molar-refractivity contribution in [3.8, 4) is 11.6 Å². The van der Waals surface area contributed by atoms with Crippen LogP contribution in [0.2, 0.25) is 5.02 Å². The van der Waals surface area contributed by atoms with E-state index in [0.29, 0.717) is 16.7 Å². The lowest BCUT2D eigenvalue weighted by Crippen LogP contribution is -1.91. The van der Waals surface area contributed by atoms with Crippen LogP contribution in [0.1, 0.15) is 5.56 Å². The van der Waals surface area contributed by atoms with Crippen molar-refractivity contribution in [1.29, 1.82) is 0 Å². The van der Waals surface area contributed by atoms with Gasteiger partial charge in [-0.05, 0) is 28.9 Å². The molecule has 2 rings (SSSR count). The molecule has 0 radical (unpaired) electrons. The third-order valence-electron chi connectivity index (χ3n) is 1.89. The Kier molecular flexibility index (Phi) is 3.41. The average molecular weight is 300 g/mol. The van der Waals surface area contributed by atoms with Crippen molar-refractivity contribution < 1.29 is 4.74 Å². The van der Waals surface area contributed by atoms with E-state index in [1.165, 1.54) is 0 Å². The van der Waals surface area contributed by atoms with Crippen molar-refractivity contribution in [3.63, 3.8) is 0 Å². The highest BCUT2D eigenvalue weighted by Gasteiger charge is 2.04. The number of rotatable bonds is 2. The lowest BCUT2D eigenvalue weighted by molar-refractivity contribution is 0.456. The first kappa shape index (κ1) is 11.4. The highest BCUT2D eigenvalue weighted by Crippen LogP contribution is 2.25. The van der Waals surface area contributed by atoms with Crippen molar-refractivity contribution in [2.75, 3.05) is 0 Å². The normalized spacial score (nSPS) is 10.2. The van der Waals surface area contributed by atoms with Crippen molar-refractivity contribution >= 4 is 27.5 Å². The third kappa shape index (κ3) is 2.71. The second-order valence-corrected chi connectivity index (χ2v) is 4.57. The highest BCUT2D eigenvalue weighted by molar-refractivity contribution is 9.10. The molecule has 2 aromatic rings. The van der Waals surface area contributed by atoms with Gasteiger partial charge in [-0.25, -0.2) is 4.98 Å². The summed E-state index contributed by atoms with van der Waals surface area (Å²) in [5, 5.41) is 0.535. The number of hydrogen-bond donors (Lipinski definition) is 0.